The molecule has 0 spiro atoms. The molecule has 19 heavy (non-hydrogen) atoms. The average Bonchev–Trinajstić information content (AvgIpc) is 2.82. The van der Waals surface area contributed by atoms with E-state index in [1.165, 1.54) is 16.0 Å². The first kappa shape index (κ1) is 12.5. The Kier molecular flexibility index (Phi) is 3.72. The van der Waals surface area contributed by atoms with Gasteiger partial charge in [-0.25, -0.2) is 4.31 Å². The van der Waals surface area contributed by atoms with E-state index >= 15 is 0 Å². The minimum Gasteiger partial charge on any atom is -0.231 e. The molecule has 1 unspecified atom stereocenters. The Balaban J connectivity index is 1.83. The molecule has 1 atom stereocenters. The number of benzene rings is 2. The smallest absolute Gasteiger partial charge is 0.0666 e. The normalized spacial score (nSPS) is 19.4. The summed E-state index contributed by atoms with van der Waals surface area (Å²) < 4.78 is 2.44. The highest BCUT2D eigenvalue weighted by atomic mass is 32.2. The summed E-state index contributed by atoms with van der Waals surface area (Å²) in [7, 11) is 0. The van der Waals surface area contributed by atoms with Crippen molar-refractivity contribution in [1.82, 2.24) is 4.31 Å². The third-order valence-corrected chi connectivity index (χ3v) is 4.47. The van der Waals surface area contributed by atoms with Gasteiger partial charge in [-0.05, 0) is 36.6 Å². The van der Waals surface area contributed by atoms with E-state index in [4.69, 9.17) is 0 Å². The molecule has 2 heteroatoms. The van der Waals surface area contributed by atoms with E-state index in [9.17, 15) is 0 Å². The first-order valence-electron chi connectivity index (χ1n) is 6.56. The third-order valence-electron chi connectivity index (χ3n) is 3.39. The minimum atomic E-state index is 0.395. The van der Waals surface area contributed by atoms with E-state index in [2.05, 4.69) is 78.0 Å². The molecule has 1 aliphatic rings. The van der Waals surface area contributed by atoms with Crippen LogP contribution in [0.4, 0.5) is 0 Å². The standard InChI is InChI=1S/C17H17NS/c1-14-12-13-18(19-16-10-6-3-7-11-16)17(14)15-8-4-2-5-9-15/h2-12,17H,13H2,1H3. The first-order chi connectivity index (χ1) is 9.34. The summed E-state index contributed by atoms with van der Waals surface area (Å²) in [4.78, 5) is 1.30. The third kappa shape index (κ3) is 2.75. The van der Waals surface area contributed by atoms with Gasteiger partial charge in [-0.15, -0.1) is 0 Å². The molecule has 0 N–H and O–H groups in total. The maximum Gasteiger partial charge on any atom is 0.0666 e. The van der Waals surface area contributed by atoms with Gasteiger partial charge in [0.2, 0.25) is 0 Å². The van der Waals surface area contributed by atoms with Gasteiger partial charge in [0.05, 0.1) is 6.04 Å². The molecule has 1 nitrogen and oxygen atoms in total. The fraction of sp³-hybridized carbons (Fsp3) is 0.176. The molecular formula is C17H17NS. The SMILES string of the molecule is CC1=CCN(Sc2ccccc2)C1c1ccccc1. The van der Waals surface area contributed by atoms with Gasteiger partial charge in [0, 0.05) is 11.4 Å². The highest BCUT2D eigenvalue weighted by molar-refractivity contribution is 7.97. The Labute approximate surface area is 119 Å². The fourth-order valence-corrected chi connectivity index (χ4v) is 3.54. The molecule has 0 fully saturated rings. The molecule has 0 aromatic heterocycles. The Hall–Kier alpha value is -1.51. The lowest BCUT2D eigenvalue weighted by Crippen LogP contribution is -2.17. The quantitative estimate of drug-likeness (QED) is 0.586. The van der Waals surface area contributed by atoms with Crippen LogP contribution >= 0.6 is 11.9 Å². The zero-order valence-corrected chi connectivity index (χ0v) is 11.8. The highest BCUT2D eigenvalue weighted by Crippen LogP contribution is 2.40. The largest absolute Gasteiger partial charge is 0.231 e. The van der Waals surface area contributed by atoms with Crippen molar-refractivity contribution in [3.8, 4) is 0 Å². The second kappa shape index (κ2) is 5.64. The van der Waals surface area contributed by atoms with Gasteiger partial charge in [0.15, 0.2) is 0 Å². The van der Waals surface area contributed by atoms with Crippen LogP contribution in [0.1, 0.15) is 18.5 Å². The Morgan fingerprint density at radius 1 is 0.947 bits per heavy atom. The molecule has 2 aromatic carbocycles. The number of hydrogen-bond acceptors (Lipinski definition) is 2. The van der Waals surface area contributed by atoms with Crippen molar-refractivity contribution >= 4 is 11.9 Å². The van der Waals surface area contributed by atoms with Crippen molar-refractivity contribution < 1.29 is 0 Å². The molecule has 0 bridgehead atoms. The van der Waals surface area contributed by atoms with Gasteiger partial charge in [-0.3, -0.25) is 0 Å². The number of nitrogens with zero attached hydrogens (tertiary/aromatic N) is 1. The summed E-state index contributed by atoms with van der Waals surface area (Å²) in [5.74, 6) is 0. The second-order valence-corrected chi connectivity index (χ2v) is 5.89. The van der Waals surface area contributed by atoms with Crippen LogP contribution in [0.2, 0.25) is 0 Å². The summed E-state index contributed by atoms with van der Waals surface area (Å²) in [6.45, 7) is 3.23. The molecule has 96 valence electrons. The van der Waals surface area contributed by atoms with Crippen molar-refractivity contribution in [1.29, 1.82) is 0 Å². The summed E-state index contributed by atoms with van der Waals surface area (Å²) in [6.07, 6.45) is 2.33. The molecular weight excluding hydrogens is 250 g/mol. The molecule has 2 aromatic rings. The Bertz CT molecular complexity index is 562. The van der Waals surface area contributed by atoms with Crippen LogP contribution in [-0.4, -0.2) is 10.8 Å². The maximum atomic E-state index is 2.44. The van der Waals surface area contributed by atoms with Crippen LogP contribution in [0.5, 0.6) is 0 Å². The minimum absolute atomic E-state index is 0.395. The zero-order chi connectivity index (χ0) is 13.1. The van der Waals surface area contributed by atoms with Crippen molar-refractivity contribution in [2.45, 2.75) is 17.9 Å². The van der Waals surface area contributed by atoms with E-state index in [1.807, 2.05) is 11.9 Å². The van der Waals surface area contributed by atoms with Gasteiger partial charge < -0.3 is 0 Å². The van der Waals surface area contributed by atoms with Crippen molar-refractivity contribution in [2.24, 2.45) is 0 Å². The predicted octanol–water partition coefficient (Wildman–Crippen LogP) is 4.70. The number of rotatable bonds is 3. The summed E-state index contributed by atoms with van der Waals surface area (Å²) in [6, 6.07) is 21.7. The highest BCUT2D eigenvalue weighted by Gasteiger charge is 2.26. The summed E-state index contributed by atoms with van der Waals surface area (Å²) in [5, 5.41) is 0. The monoisotopic (exact) mass is 267 g/mol. The van der Waals surface area contributed by atoms with Gasteiger partial charge in [-0.2, -0.15) is 0 Å². The zero-order valence-electron chi connectivity index (χ0n) is 11.0. The fourth-order valence-electron chi connectivity index (χ4n) is 2.45. The molecule has 0 amide bonds. The Morgan fingerprint density at radius 3 is 2.26 bits per heavy atom. The first-order valence-corrected chi connectivity index (χ1v) is 7.33. The van der Waals surface area contributed by atoms with Crippen LogP contribution in [0, 0.1) is 0 Å². The van der Waals surface area contributed by atoms with Crippen LogP contribution in [-0.2, 0) is 0 Å². The molecule has 3 rings (SSSR count). The molecule has 0 saturated carbocycles. The lowest BCUT2D eigenvalue weighted by Gasteiger charge is -2.25. The number of hydrogen-bond donors (Lipinski definition) is 0. The van der Waals surface area contributed by atoms with Gasteiger partial charge >= 0.3 is 0 Å². The van der Waals surface area contributed by atoms with E-state index in [0.717, 1.165) is 6.54 Å². The van der Waals surface area contributed by atoms with Crippen molar-refractivity contribution in [3.63, 3.8) is 0 Å². The predicted molar refractivity (Wildman–Crippen MR) is 81.9 cm³/mol. The lowest BCUT2D eigenvalue weighted by molar-refractivity contribution is 0.471. The summed E-state index contributed by atoms with van der Waals surface area (Å²) >= 11 is 1.84. The van der Waals surface area contributed by atoms with E-state index in [0.29, 0.717) is 6.04 Å². The summed E-state index contributed by atoms with van der Waals surface area (Å²) in [5.41, 5.74) is 2.81. The van der Waals surface area contributed by atoms with E-state index in [1.54, 1.807) is 0 Å². The van der Waals surface area contributed by atoms with Gasteiger partial charge in [-0.1, -0.05) is 60.2 Å². The average molecular weight is 267 g/mol. The van der Waals surface area contributed by atoms with E-state index < -0.39 is 0 Å². The van der Waals surface area contributed by atoms with Crippen LogP contribution in [0.25, 0.3) is 0 Å². The van der Waals surface area contributed by atoms with Crippen LogP contribution in [0.3, 0.4) is 0 Å². The molecule has 0 radical (unpaired) electrons. The molecule has 0 aliphatic carbocycles. The van der Waals surface area contributed by atoms with Crippen molar-refractivity contribution in [3.05, 3.63) is 77.9 Å². The van der Waals surface area contributed by atoms with E-state index in [-0.39, 0.29) is 0 Å². The lowest BCUT2D eigenvalue weighted by atomic mass is 10.0. The molecule has 1 aliphatic heterocycles. The topological polar surface area (TPSA) is 3.24 Å². The van der Waals surface area contributed by atoms with Crippen molar-refractivity contribution in [2.75, 3.05) is 6.54 Å². The van der Waals surface area contributed by atoms with Crippen LogP contribution in [0.15, 0.2) is 77.2 Å². The second-order valence-electron chi connectivity index (χ2n) is 4.77. The van der Waals surface area contributed by atoms with Gasteiger partial charge in [0.1, 0.15) is 0 Å². The molecule has 1 heterocycles. The maximum absolute atomic E-state index is 2.44. The van der Waals surface area contributed by atoms with Crippen LogP contribution < -0.4 is 0 Å². The van der Waals surface area contributed by atoms with Gasteiger partial charge in [0.25, 0.3) is 0 Å². The Morgan fingerprint density at radius 2 is 1.58 bits per heavy atom. The molecule has 0 saturated heterocycles.